The maximum absolute atomic E-state index is 12.8. The summed E-state index contributed by atoms with van der Waals surface area (Å²) in [6.45, 7) is 8.13. The Morgan fingerprint density at radius 1 is 1.41 bits per heavy atom. The molecule has 1 aromatic carbocycles. The third kappa shape index (κ3) is 2.22. The van der Waals surface area contributed by atoms with E-state index in [1.807, 2.05) is 52.0 Å². The maximum atomic E-state index is 12.8. The van der Waals surface area contributed by atoms with Crippen LogP contribution in [0.4, 0.5) is 0 Å². The average Bonchev–Trinajstić information content (AvgIpc) is 2.90. The molecule has 1 saturated heterocycles. The van der Waals surface area contributed by atoms with Crippen molar-refractivity contribution in [3.8, 4) is 0 Å². The van der Waals surface area contributed by atoms with Crippen LogP contribution in [0.1, 0.15) is 55.4 Å². The minimum absolute atomic E-state index is 0.0250. The Morgan fingerprint density at radius 2 is 2.09 bits per heavy atom. The number of benzene rings is 1. The van der Waals surface area contributed by atoms with Crippen LogP contribution in [0.15, 0.2) is 24.3 Å². The van der Waals surface area contributed by atoms with Crippen LogP contribution in [0, 0.1) is 0 Å². The first-order valence-corrected chi connectivity index (χ1v) is 8.64. The molecule has 0 bridgehead atoms. The lowest BCUT2D eigenvalue weighted by Crippen LogP contribution is -2.54. The number of hydrogen-bond donors (Lipinski definition) is 1. The van der Waals surface area contributed by atoms with Gasteiger partial charge in [0.15, 0.2) is 0 Å². The van der Waals surface area contributed by atoms with Gasteiger partial charge in [0, 0.05) is 16.4 Å². The Bertz CT molecular complexity index is 629. The highest BCUT2D eigenvalue weighted by atomic mass is 32.2. The zero-order valence-electron chi connectivity index (χ0n) is 13.4. The predicted octanol–water partition coefficient (Wildman–Crippen LogP) is 2.95. The third-order valence-electron chi connectivity index (χ3n) is 4.55. The Kier molecular flexibility index (Phi) is 3.71. The molecule has 0 aliphatic carbocycles. The first kappa shape index (κ1) is 15.4. The van der Waals surface area contributed by atoms with Crippen molar-refractivity contribution in [1.82, 2.24) is 10.2 Å². The number of nitrogens with one attached hydrogen (secondary N) is 1. The van der Waals surface area contributed by atoms with Gasteiger partial charge < -0.3 is 10.2 Å². The van der Waals surface area contributed by atoms with Crippen molar-refractivity contribution >= 4 is 23.6 Å². The molecule has 1 fully saturated rings. The molecule has 2 amide bonds. The third-order valence-corrected chi connectivity index (χ3v) is 6.08. The molecular formula is C17H22N2O2S. The van der Waals surface area contributed by atoms with Crippen LogP contribution in [0.5, 0.6) is 0 Å². The minimum Gasteiger partial charge on any atom is -0.352 e. The van der Waals surface area contributed by atoms with Gasteiger partial charge >= 0.3 is 0 Å². The molecule has 2 heterocycles. The number of thioether (sulfide) groups is 1. The lowest BCUT2D eigenvalue weighted by molar-refractivity contribution is -0.126. The van der Waals surface area contributed by atoms with E-state index in [-0.39, 0.29) is 28.0 Å². The molecular weight excluding hydrogens is 296 g/mol. The Balaban J connectivity index is 1.95. The maximum Gasteiger partial charge on any atom is 0.256 e. The number of amides is 2. The largest absolute Gasteiger partial charge is 0.352 e. The second-order valence-electron chi connectivity index (χ2n) is 6.59. The molecule has 0 radical (unpaired) electrons. The van der Waals surface area contributed by atoms with Gasteiger partial charge in [-0.3, -0.25) is 9.59 Å². The fourth-order valence-corrected chi connectivity index (χ4v) is 4.82. The highest BCUT2D eigenvalue weighted by Gasteiger charge is 2.57. The van der Waals surface area contributed by atoms with Gasteiger partial charge in [0.1, 0.15) is 11.4 Å². The van der Waals surface area contributed by atoms with Crippen molar-refractivity contribution in [2.45, 2.75) is 56.3 Å². The number of rotatable bonds is 3. The summed E-state index contributed by atoms with van der Waals surface area (Å²) in [7, 11) is 0. The summed E-state index contributed by atoms with van der Waals surface area (Å²) >= 11 is 1.70. The summed E-state index contributed by atoms with van der Waals surface area (Å²) < 4.78 is -0.300. The average molecular weight is 318 g/mol. The monoisotopic (exact) mass is 318 g/mol. The number of nitrogens with zero attached hydrogens (tertiary/aromatic N) is 1. The van der Waals surface area contributed by atoms with Gasteiger partial charge in [-0.05, 0) is 38.8 Å². The van der Waals surface area contributed by atoms with E-state index in [0.717, 1.165) is 17.5 Å². The summed E-state index contributed by atoms with van der Waals surface area (Å²) in [6.07, 6.45) is 0.879. The summed E-state index contributed by atoms with van der Waals surface area (Å²) in [5.74, 6) is -0.0708. The van der Waals surface area contributed by atoms with Gasteiger partial charge in [0.2, 0.25) is 5.91 Å². The molecule has 0 spiro atoms. The second kappa shape index (κ2) is 5.30. The van der Waals surface area contributed by atoms with Crippen molar-refractivity contribution < 1.29 is 9.59 Å². The molecule has 0 aromatic heterocycles. The second-order valence-corrected chi connectivity index (χ2v) is 8.33. The van der Waals surface area contributed by atoms with E-state index in [1.165, 1.54) is 0 Å². The normalized spacial score (nSPS) is 26.5. The van der Waals surface area contributed by atoms with Crippen molar-refractivity contribution in [3.63, 3.8) is 0 Å². The number of carbonyl (C=O) groups excluding carboxylic acids is 2. The molecule has 3 atom stereocenters. The first-order chi connectivity index (χ1) is 10.4. The molecule has 1 N–H and O–H groups in total. The molecule has 5 heteroatoms. The van der Waals surface area contributed by atoms with E-state index in [2.05, 4.69) is 5.32 Å². The van der Waals surface area contributed by atoms with E-state index in [0.29, 0.717) is 0 Å². The van der Waals surface area contributed by atoms with Crippen LogP contribution in [-0.2, 0) is 4.79 Å². The lowest BCUT2D eigenvalue weighted by atomic mass is 10.00. The summed E-state index contributed by atoms with van der Waals surface area (Å²) in [5, 5.41) is 2.99. The van der Waals surface area contributed by atoms with Gasteiger partial charge in [-0.1, -0.05) is 25.1 Å². The van der Waals surface area contributed by atoms with Crippen molar-refractivity contribution in [1.29, 1.82) is 0 Å². The molecule has 22 heavy (non-hydrogen) atoms. The summed E-state index contributed by atoms with van der Waals surface area (Å²) in [6, 6.07) is 7.37. The quantitative estimate of drug-likeness (QED) is 0.932. The summed E-state index contributed by atoms with van der Waals surface area (Å²) in [4.78, 5) is 27.3. The van der Waals surface area contributed by atoms with Crippen LogP contribution >= 0.6 is 11.8 Å². The molecule has 3 rings (SSSR count). The molecule has 2 aliphatic rings. The van der Waals surface area contributed by atoms with Crippen LogP contribution < -0.4 is 5.32 Å². The first-order valence-electron chi connectivity index (χ1n) is 7.76. The smallest absolute Gasteiger partial charge is 0.256 e. The molecule has 1 aromatic rings. The molecule has 118 valence electrons. The molecule has 2 aliphatic heterocycles. The zero-order valence-corrected chi connectivity index (χ0v) is 14.2. The molecule has 0 unspecified atom stereocenters. The van der Waals surface area contributed by atoms with Crippen LogP contribution in [0.2, 0.25) is 0 Å². The zero-order chi connectivity index (χ0) is 16.1. The van der Waals surface area contributed by atoms with Crippen LogP contribution in [0.3, 0.4) is 0 Å². The van der Waals surface area contributed by atoms with Gasteiger partial charge in [-0.25, -0.2) is 0 Å². The Hall–Kier alpha value is -1.49. The van der Waals surface area contributed by atoms with Crippen molar-refractivity contribution in [3.05, 3.63) is 35.4 Å². The standard InChI is InChI=1S/C17H22N2O2S/c1-5-10(2)18-14(20)13-17(3,4)22-16-12-9-7-6-8-11(12)15(21)19(13)16/h6-10,13,16H,5H2,1-4H3,(H,18,20)/t10-,13+,16-/m1/s1. The van der Waals surface area contributed by atoms with Crippen LogP contribution in [0.25, 0.3) is 0 Å². The van der Waals surface area contributed by atoms with Crippen molar-refractivity contribution in [2.24, 2.45) is 0 Å². The van der Waals surface area contributed by atoms with E-state index in [9.17, 15) is 9.59 Å². The SMILES string of the molecule is CC[C@@H](C)NC(=O)[C@@H]1N2C(=O)c3ccccc3[C@H]2SC1(C)C. The fourth-order valence-electron chi connectivity index (χ4n) is 3.23. The van der Waals surface area contributed by atoms with E-state index >= 15 is 0 Å². The number of carbonyl (C=O) groups is 2. The van der Waals surface area contributed by atoms with E-state index in [1.54, 1.807) is 16.7 Å². The topological polar surface area (TPSA) is 49.4 Å². The number of fused-ring (bicyclic) bond motifs is 3. The van der Waals surface area contributed by atoms with E-state index in [4.69, 9.17) is 0 Å². The Morgan fingerprint density at radius 3 is 2.77 bits per heavy atom. The molecule has 4 nitrogen and oxygen atoms in total. The van der Waals surface area contributed by atoms with E-state index < -0.39 is 6.04 Å². The fraction of sp³-hybridized carbons (Fsp3) is 0.529. The van der Waals surface area contributed by atoms with Gasteiger partial charge in [0.05, 0.1) is 0 Å². The Labute approximate surface area is 135 Å². The number of hydrogen-bond acceptors (Lipinski definition) is 3. The van der Waals surface area contributed by atoms with Gasteiger partial charge in [0.25, 0.3) is 5.91 Å². The minimum atomic E-state index is -0.434. The van der Waals surface area contributed by atoms with Gasteiger partial charge in [-0.15, -0.1) is 11.8 Å². The summed E-state index contributed by atoms with van der Waals surface area (Å²) in [5.41, 5.74) is 1.77. The lowest BCUT2D eigenvalue weighted by Gasteiger charge is -2.30. The van der Waals surface area contributed by atoms with Crippen LogP contribution in [-0.4, -0.2) is 33.5 Å². The van der Waals surface area contributed by atoms with Crippen molar-refractivity contribution in [2.75, 3.05) is 0 Å². The van der Waals surface area contributed by atoms with Gasteiger partial charge in [-0.2, -0.15) is 0 Å². The predicted molar refractivity (Wildman–Crippen MR) is 88.7 cm³/mol. The molecule has 0 saturated carbocycles. The highest BCUT2D eigenvalue weighted by molar-refractivity contribution is 8.01. The highest BCUT2D eigenvalue weighted by Crippen LogP contribution is 2.56.